The Morgan fingerprint density at radius 1 is 0.417 bits per heavy atom. The summed E-state index contributed by atoms with van der Waals surface area (Å²) >= 11 is 0. The molecule has 286 valence electrons. The van der Waals surface area contributed by atoms with Gasteiger partial charge in [-0.3, -0.25) is 4.57 Å². The topological polar surface area (TPSA) is 30.7 Å². The van der Waals surface area contributed by atoms with Crippen LogP contribution in [0, 0.1) is 0 Å². The van der Waals surface area contributed by atoms with E-state index in [1.807, 2.05) is 13.8 Å². The van der Waals surface area contributed by atoms with Gasteiger partial charge in [0, 0.05) is 32.7 Å². The van der Waals surface area contributed by atoms with E-state index in [1.165, 1.54) is 71.3 Å². The predicted octanol–water partition coefficient (Wildman–Crippen LogP) is 15.4. The van der Waals surface area contributed by atoms with E-state index in [0.29, 0.717) is 5.95 Å². The van der Waals surface area contributed by atoms with E-state index in [-0.39, 0.29) is 5.41 Å². The van der Waals surface area contributed by atoms with E-state index in [4.69, 9.17) is 9.97 Å². The van der Waals surface area contributed by atoms with E-state index in [1.54, 1.807) is 0 Å². The van der Waals surface area contributed by atoms with Gasteiger partial charge in [0.1, 0.15) is 0 Å². The molecule has 0 amide bonds. The monoisotopic (exact) mass is 769 g/mol. The van der Waals surface area contributed by atoms with E-state index < -0.39 is 0 Å². The minimum absolute atomic E-state index is 0.148. The Morgan fingerprint density at radius 3 is 1.83 bits per heavy atom. The number of fused-ring (bicyclic) bond motifs is 10. The highest BCUT2D eigenvalue weighted by Gasteiger charge is 2.37. The summed E-state index contributed by atoms with van der Waals surface area (Å²) in [6.07, 6.45) is 0. The molecule has 12 rings (SSSR count). The Morgan fingerprint density at radius 2 is 1.02 bits per heavy atom. The van der Waals surface area contributed by atoms with Crippen molar-refractivity contribution in [1.82, 2.24) is 14.5 Å². The highest BCUT2D eigenvalue weighted by molar-refractivity contribution is 6.14. The van der Waals surface area contributed by atoms with Crippen LogP contribution >= 0.6 is 0 Å². The van der Waals surface area contributed by atoms with E-state index >= 15 is 0 Å². The van der Waals surface area contributed by atoms with Crippen molar-refractivity contribution < 1.29 is 0 Å². The third-order valence-corrected chi connectivity index (χ3v) is 12.6. The lowest BCUT2D eigenvalue weighted by atomic mass is 9.81. The summed E-state index contributed by atoms with van der Waals surface area (Å²) in [4.78, 5) is 10.8. The van der Waals surface area contributed by atoms with Crippen LogP contribution in [-0.2, 0) is 5.41 Å². The minimum Gasteiger partial charge on any atom is -0.277 e. The van der Waals surface area contributed by atoms with Crippen molar-refractivity contribution in [1.29, 1.82) is 0 Å². The van der Waals surface area contributed by atoms with Crippen LogP contribution in [0.3, 0.4) is 0 Å². The van der Waals surface area contributed by atoms with Crippen molar-refractivity contribution >= 4 is 54.3 Å². The Labute approximate surface area is 350 Å². The van der Waals surface area contributed by atoms with E-state index in [2.05, 4.69) is 206 Å². The first-order chi connectivity index (χ1) is 29.5. The predicted molar refractivity (Wildman–Crippen MR) is 254 cm³/mol. The molecule has 0 saturated carbocycles. The molecule has 3 nitrogen and oxygen atoms in total. The molecular weight excluding hydrogens is 727 g/mol. The summed E-state index contributed by atoms with van der Waals surface area (Å²) in [5.74, 6) is 0.658. The second kappa shape index (κ2) is 13.9. The second-order valence-electron chi connectivity index (χ2n) is 16.1. The molecule has 1 aliphatic rings. The number of rotatable bonds is 4. The van der Waals surface area contributed by atoms with Crippen LogP contribution in [-0.4, -0.2) is 14.5 Å². The quantitative estimate of drug-likeness (QED) is 0.178. The van der Waals surface area contributed by atoms with Gasteiger partial charge in [-0.05, 0) is 78.7 Å². The van der Waals surface area contributed by atoms with Gasteiger partial charge in [-0.15, -0.1) is 0 Å². The van der Waals surface area contributed by atoms with Crippen molar-refractivity contribution in [2.45, 2.75) is 33.1 Å². The molecule has 2 heterocycles. The lowest BCUT2D eigenvalue weighted by Gasteiger charge is -2.22. The van der Waals surface area contributed by atoms with Crippen molar-refractivity contribution in [2.24, 2.45) is 0 Å². The molecule has 2 aromatic heterocycles. The molecular formula is C57H43N3. The van der Waals surface area contributed by atoms with Gasteiger partial charge in [-0.2, -0.15) is 0 Å². The summed E-state index contributed by atoms with van der Waals surface area (Å²) in [6.45, 7) is 8.74. The maximum atomic E-state index is 5.49. The lowest BCUT2D eigenvalue weighted by molar-refractivity contribution is 0.661. The summed E-state index contributed by atoms with van der Waals surface area (Å²) in [5, 5.41) is 8.46. The zero-order valence-corrected chi connectivity index (χ0v) is 34.2. The average molecular weight is 770 g/mol. The molecule has 3 heteroatoms. The van der Waals surface area contributed by atoms with Gasteiger partial charge in [0.05, 0.1) is 22.2 Å². The van der Waals surface area contributed by atoms with Gasteiger partial charge in [-0.25, -0.2) is 9.97 Å². The number of para-hydroxylation sites is 3. The first-order valence-corrected chi connectivity index (χ1v) is 21.1. The zero-order chi connectivity index (χ0) is 40.5. The maximum Gasteiger partial charge on any atom is 0.235 e. The number of hydrogen-bond donors (Lipinski definition) is 0. The first kappa shape index (κ1) is 35.8. The molecule has 0 fully saturated rings. The first-order valence-electron chi connectivity index (χ1n) is 21.1. The van der Waals surface area contributed by atoms with E-state index in [0.717, 1.165) is 38.8 Å². The van der Waals surface area contributed by atoms with Crippen LogP contribution in [0.4, 0.5) is 0 Å². The van der Waals surface area contributed by atoms with Gasteiger partial charge >= 0.3 is 0 Å². The van der Waals surface area contributed by atoms with Crippen LogP contribution in [0.5, 0.6) is 0 Å². The summed E-state index contributed by atoms with van der Waals surface area (Å²) < 4.78 is 2.29. The van der Waals surface area contributed by atoms with Crippen LogP contribution in [0.15, 0.2) is 188 Å². The molecule has 0 spiro atoms. The Bertz CT molecular complexity index is 3470. The smallest absolute Gasteiger partial charge is 0.235 e. The summed E-state index contributed by atoms with van der Waals surface area (Å²) in [5.41, 5.74) is 15.1. The lowest BCUT2D eigenvalue weighted by Crippen LogP contribution is -2.15. The fourth-order valence-electron chi connectivity index (χ4n) is 9.80. The minimum atomic E-state index is -0.148. The second-order valence-corrected chi connectivity index (χ2v) is 16.1. The molecule has 11 aromatic rings. The standard InChI is InChI=1S/C55H37N3.C2H6/c1-55(2)47-32-30-35-14-4-6-17-41(35)51(47)45-31-29-38(33-48(45)55)42-21-12-22-44-43-18-8-10-24-50(43)58(53(42)44)54-56-49-23-9-7-19-46(49)52(57-54)37-27-25-36(26-28-37)40-20-11-15-34-13-3-5-16-39(34)40;1-2/h3-33H,1-2H3;1-2H3. The molecule has 1 aliphatic carbocycles. The van der Waals surface area contributed by atoms with Gasteiger partial charge in [0.25, 0.3) is 0 Å². The molecule has 0 atom stereocenters. The summed E-state index contributed by atoms with van der Waals surface area (Å²) in [6, 6.07) is 68.2. The fraction of sp³-hybridized carbons (Fsp3) is 0.0877. The number of benzene rings is 9. The summed E-state index contributed by atoms with van der Waals surface area (Å²) in [7, 11) is 0. The SMILES string of the molecule is CC.CC1(C)c2cc(-c3cccc4c5ccccc5n(-c5nc(-c6ccc(-c7cccc8ccccc78)cc6)c6ccccc6n5)c34)ccc2-c2c1ccc1ccccc21. The molecule has 0 aliphatic heterocycles. The Kier molecular flexibility index (Phi) is 8.28. The third-order valence-electron chi connectivity index (χ3n) is 12.6. The molecule has 0 unspecified atom stereocenters. The van der Waals surface area contributed by atoms with Crippen LogP contribution in [0.1, 0.15) is 38.8 Å². The van der Waals surface area contributed by atoms with Gasteiger partial charge < -0.3 is 0 Å². The van der Waals surface area contributed by atoms with Crippen LogP contribution in [0.2, 0.25) is 0 Å². The largest absolute Gasteiger partial charge is 0.277 e. The third kappa shape index (κ3) is 5.36. The number of aromatic nitrogens is 3. The Hall–Kier alpha value is -7.36. The molecule has 0 radical (unpaired) electrons. The number of hydrogen-bond acceptors (Lipinski definition) is 2. The highest BCUT2D eigenvalue weighted by atomic mass is 15.2. The average Bonchev–Trinajstić information content (AvgIpc) is 3.77. The van der Waals surface area contributed by atoms with Gasteiger partial charge in [0.15, 0.2) is 0 Å². The van der Waals surface area contributed by atoms with Crippen molar-refractivity contribution in [2.75, 3.05) is 0 Å². The van der Waals surface area contributed by atoms with Gasteiger partial charge in [-0.1, -0.05) is 198 Å². The van der Waals surface area contributed by atoms with E-state index in [9.17, 15) is 0 Å². The Balaban J connectivity index is 0.00000201. The molecule has 0 bridgehead atoms. The molecule has 60 heavy (non-hydrogen) atoms. The fourth-order valence-corrected chi connectivity index (χ4v) is 9.80. The molecule has 0 N–H and O–H groups in total. The normalized spacial score (nSPS) is 12.8. The highest BCUT2D eigenvalue weighted by Crippen LogP contribution is 2.52. The van der Waals surface area contributed by atoms with Crippen molar-refractivity contribution in [3.63, 3.8) is 0 Å². The molecule has 0 saturated heterocycles. The van der Waals surface area contributed by atoms with Crippen LogP contribution in [0.25, 0.3) is 105 Å². The maximum absolute atomic E-state index is 5.49. The van der Waals surface area contributed by atoms with Crippen molar-refractivity contribution in [3.8, 4) is 50.6 Å². The number of nitrogens with zero attached hydrogens (tertiary/aromatic N) is 3. The zero-order valence-electron chi connectivity index (χ0n) is 34.2. The molecule has 9 aromatic carbocycles. The van der Waals surface area contributed by atoms with Crippen molar-refractivity contribution in [3.05, 3.63) is 199 Å². The van der Waals surface area contributed by atoms with Crippen LogP contribution < -0.4 is 0 Å². The van der Waals surface area contributed by atoms with Gasteiger partial charge in [0.2, 0.25) is 5.95 Å².